The summed E-state index contributed by atoms with van der Waals surface area (Å²) in [5.41, 5.74) is 1.18. The first kappa shape index (κ1) is 11.7. The van der Waals surface area contributed by atoms with Gasteiger partial charge in [-0.2, -0.15) is 5.26 Å². The molecule has 0 saturated carbocycles. The normalized spacial score (nSPS) is 15.8. The summed E-state index contributed by atoms with van der Waals surface area (Å²) in [5.74, 6) is 1.18. The SMILES string of the molecule is CC(F)c1cc2c(cc1CC#N)OCCCO2. The van der Waals surface area contributed by atoms with Crippen molar-refractivity contribution in [2.75, 3.05) is 13.2 Å². The first-order valence-electron chi connectivity index (χ1n) is 5.66. The molecule has 0 saturated heterocycles. The number of rotatable bonds is 2. The summed E-state index contributed by atoms with van der Waals surface area (Å²) in [4.78, 5) is 0. The van der Waals surface area contributed by atoms with E-state index in [9.17, 15) is 4.39 Å². The van der Waals surface area contributed by atoms with Crippen LogP contribution in [0.25, 0.3) is 0 Å². The van der Waals surface area contributed by atoms with Gasteiger partial charge in [-0.15, -0.1) is 0 Å². The average Bonchev–Trinajstić information content (AvgIpc) is 2.52. The van der Waals surface area contributed by atoms with Crippen LogP contribution in [0.4, 0.5) is 4.39 Å². The van der Waals surface area contributed by atoms with Gasteiger partial charge < -0.3 is 9.47 Å². The van der Waals surface area contributed by atoms with Gasteiger partial charge in [-0.3, -0.25) is 0 Å². The lowest BCUT2D eigenvalue weighted by Gasteiger charge is -2.14. The first-order chi connectivity index (χ1) is 8.22. The summed E-state index contributed by atoms with van der Waals surface area (Å²) >= 11 is 0. The highest BCUT2D eigenvalue weighted by Crippen LogP contribution is 2.36. The summed E-state index contributed by atoms with van der Waals surface area (Å²) in [6.45, 7) is 2.62. The molecule has 90 valence electrons. The number of nitrogens with zero attached hydrogens (tertiary/aromatic N) is 1. The van der Waals surface area contributed by atoms with Crippen LogP contribution in [0.5, 0.6) is 11.5 Å². The maximum Gasteiger partial charge on any atom is 0.161 e. The Labute approximate surface area is 99.8 Å². The van der Waals surface area contributed by atoms with E-state index in [0.717, 1.165) is 6.42 Å². The van der Waals surface area contributed by atoms with Crippen molar-refractivity contribution in [3.8, 4) is 17.6 Å². The largest absolute Gasteiger partial charge is 0.490 e. The molecule has 3 nitrogen and oxygen atoms in total. The quantitative estimate of drug-likeness (QED) is 0.791. The van der Waals surface area contributed by atoms with Crippen LogP contribution in [0.2, 0.25) is 0 Å². The molecular weight excluding hydrogens is 221 g/mol. The summed E-state index contributed by atoms with van der Waals surface area (Å²) in [7, 11) is 0. The van der Waals surface area contributed by atoms with Crippen molar-refractivity contribution >= 4 is 0 Å². The maximum atomic E-state index is 13.5. The number of fused-ring (bicyclic) bond motifs is 1. The number of ether oxygens (including phenoxy) is 2. The molecule has 0 aliphatic carbocycles. The van der Waals surface area contributed by atoms with Crippen LogP contribution in [-0.2, 0) is 6.42 Å². The smallest absolute Gasteiger partial charge is 0.161 e. The molecule has 1 aromatic rings. The molecule has 1 aromatic carbocycles. The van der Waals surface area contributed by atoms with Crippen LogP contribution in [0.15, 0.2) is 12.1 Å². The number of alkyl halides is 1. The van der Waals surface area contributed by atoms with Crippen molar-refractivity contribution in [2.45, 2.75) is 25.9 Å². The van der Waals surface area contributed by atoms with Gasteiger partial charge in [0.2, 0.25) is 0 Å². The van der Waals surface area contributed by atoms with Gasteiger partial charge in [-0.05, 0) is 30.2 Å². The molecule has 0 radical (unpaired) electrons. The lowest BCUT2D eigenvalue weighted by atomic mass is 10.0. The third-order valence-corrected chi connectivity index (χ3v) is 2.71. The van der Waals surface area contributed by atoms with Crippen molar-refractivity contribution in [2.24, 2.45) is 0 Å². The lowest BCUT2D eigenvalue weighted by Crippen LogP contribution is -1.99. The van der Waals surface area contributed by atoms with E-state index < -0.39 is 6.17 Å². The zero-order chi connectivity index (χ0) is 12.3. The van der Waals surface area contributed by atoms with E-state index in [1.807, 2.05) is 6.07 Å². The molecule has 0 N–H and O–H groups in total. The molecule has 0 bridgehead atoms. The highest BCUT2D eigenvalue weighted by atomic mass is 19.1. The van der Waals surface area contributed by atoms with E-state index in [1.165, 1.54) is 6.92 Å². The second kappa shape index (κ2) is 5.05. The zero-order valence-electron chi connectivity index (χ0n) is 9.70. The van der Waals surface area contributed by atoms with E-state index in [0.29, 0.717) is 35.8 Å². The van der Waals surface area contributed by atoms with Gasteiger partial charge >= 0.3 is 0 Å². The second-order valence-electron chi connectivity index (χ2n) is 4.00. The van der Waals surface area contributed by atoms with Crippen molar-refractivity contribution in [1.82, 2.24) is 0 Å². The van der Waals surface area contributed by atoms with E-state index in [-0.39, 0.29) is 6.42 Å². The molecule has 1 atom stereocenters. The van der Waals surface area contributed by atoms with E-state index in [4.69, 9.17) is 14.7 Å². The van der Waals surface area contributed by atoms with E-state index in [2.05, 4.69) is 0 Å². The van der Waals surface area contributed by atoms with Crippen LogP contribution in [0, 0.1) is 11.3 Å². The fourth-order valence-corrected chi connectivity index (χ4v) is 1.88. The van der Waals surface area contributed by atoms with Gasteiger partial charge in [0.15, 0.2) is 11.5 Å². The molecule has 1 aliphatic heterocycles. The third kappa shape index (κ3) is 2.50. The Kier molecular flexibility index (Phi) is 3.48. The minimum Gasteiger partial charge on any atom is -0.490 e. The van der Waals surface area contributed by atoms with Gasteiger partial charge in [0, 0.05) is 6.42 Å². The van der Waals surface area contributed by atoms with Crippen molar-refractivity contribution in [1.29, 1.82) is 5.26 Å². The minimum absolute atomic E-state index is 0.181. The summed E-state index contributed by atoms with van der Waals surface area (Å²) in [6, 6.07) is 5.41. The van der Waals surface area contributed by atoms with Crippen molar-refractivity contribution in [3.05, 3.63) is 23.3 Å². The zero-order valence-corrected chi connectivity index (χ0v) is 9.70. The molecule has 2 rings (SSSR count). The Morgan fingerprint density at radius 1 is 1.35 bits per heavy atom. The topological polar surface area (TPSA) is 42.2 Å². The Bertz CT molecular complexity index is 451. The number of hydrogen-bond donors (Lipinski definition) is 0. The number of halogens is 1. The second-order valence-corrected chi connectivity index (χ2v) is 4.00. The maximum absolute atomic E-state index is 13.5. The van der Waals surface area contributed by atoms with Gasteiger partial charge in [0.1, 0.15) is 6.17 Å². The standard InChI is InChI=1S/C13H14FNO2/c1-9(14)11-8-13-12(7-10(11)3-4-15)16-5-2-6-17-13/h7-9H,2-3,5-6H2,1H3. The molecule has 0 aromatic heterocycles. The van der Waals surface area contributed by atoms with Gasteiger partial charge in [0.25, 0.3) is 0 Å². The van der Waals surface area contributed by atoms with Crippen LogP contribution in [0.3, 0.4) is 0 Å². The minimum atomic E-state index is -1.12. The van der Waals surface area contributed by atoms with Gasteiger partial charge in [0.05, 0.1) is 25.7 Å². The molecule has 4 heteroatoms. The number of benzene rings is 1. The molecule has 1 heterocycles. The fraction of sp³-hybridized carbons (Fsp3) is 0.462. The Balaban J connectivity index is 2.45. The van der Waals surface area contributed by atoms with Gasteiger partial charge in [-0.25, -0.2) is 4.39 Å². The molecule has 1 unspecified atom stereocenters. The van der Waals surface area contributed by atoms with Crippen LogP contribution in [-0.4, -0.2) is 13.2 Å². The lowest BCUT2D eigenvalue weighted by molar-refractivity contribution is 0.296. The summed E-state index contributed by atoms with van der Waals surface area (Å²) in [5, 5.41) is 8.74. The van der Waals surface area contributed by atoms with Crippen LogP contribution in [0.1, 0.15) is 30.6 Å². The van der Waals surface area contributed by atoms with Crippen LogP contribution >= 0.6 is 0 Å². The number of nitriles is 1. The molecule has 1 aliphatic rings. The monoisotopic (exact) mass is 235 g/mol. The molecule has 17 heavy (non-hydrogen) atoms. The number of hydrogen-bond acceptors (Lipinski definition) is 3. The van der Waals surface area contributed by atoms with E-state index in [1.54, 1.807) is 12.1 Å². The average molecular weight is 235 g/mol. The summed E-state index contributed by atoms with van der Waals surface area (Å²) in [6.07, 6.45) is -0.126. The molecular formula is C13H14FNO2. The van der Waals surface area contributed by atoms with E-state index >= 15 is 0 Å². The Morgan fingerprint density at radius 3 is 2.59 bits per heavy atom. The Morgan fingerprint density at radius 2 is 2.00 bits per heavy atom. The highest BCUT2D eigenvalue weighted by molar-refractivity contribution is 5.49. The first-order valence-corrected chi connectivity index (χ1v) is 5.66. The predicted octanol–water partition coefficient (Wildman–Crippen LogP) is 2.94. The predicted molar refractivity (Wildman–Crippen MR) is 60.9 cm³/mol. The van der Waals surface area contributed by atoms with Crippen molar-refractivity contribution in [3.63, 3.8) is 0 Å². The van der Waals surface area contributed by atoms with Crippen molar-refractivity contribution < 1.29 is 13.9 Å². The fourth-order valence-electron chi connectivity index (χ4n) is 1.88. The van der Waals surface area contributed by atoms with Crippen LogP contribution < -0.4 is 9.47 Å². The molecule has 0 fully saturated rings. The molecule has 0 amide bonds. The Hall–Kier alpha value is -1.76. The molecule has 0 spiro atoms. The summed E-state index contributed by atoms with van der Waals surface area (Å²) < 4.78 is 24.5. The highest BCUT2D eigenvalue weighted by Gasteiger charge is 2.17. The third-order valence-electron chi connectivity index (χ3n) is 2.71. The van der Waals surface area contributed by atoms with Gasteiger partial charge in [-0.1, -0.05) is 0 Å².